The van der Waals surface area contributed by atoms with E-state index in [0.717, 1.165) is 25.7 Å². The standard InChI is InChI=1S/C20H34O2/c1-15(2)18-10-9-16(3)7-6-8-17(4)13-19(21)14-20(5,22)12-11-18/h7,11-13,15,18-19,21-22H,6,8-10,14H2,1-5H3/b12-11+,16-7+,17-13-/t18?,19-,20-/m0/s1. The molecule has 2 nitrogen and oxygen atoms in total. The van der Waals surface area contributed by atoms with Crippen LogP contribution in [0.1, 0.15) is 66.7 Å². The van der Waals surface area contributed by atoms with Crippen molar-refractivity contribution >= 4 is 0 Å². The van der Waals surface area contributed by atoms with Crippen molar-refractivity contribution in [1.29, 1.82) is 0 Å². The zero-order valence-electron chi connectivity index (χ0n) is 15.0. The maximum absolute atomic E-state index is 10.5. The third kappa shape index (κ3) is 7.42. The van der Waals surface area contributed by atoms with Crippen LogP contribution >= 0.6 is 0 Å². The van der Waals surface area contributed by atoms with E-state index in [9.17, 15) is 10.2 Å². The first-order valence-corrected chi connectivity index (χ1v) is 8.62. The molecule has 0 heterocycles. The minimum Gasteiger partial charge on any atom is -0.389 e. The molecule has 0 bridgehead atoms. The van der Waals surface area contributed by atoms with Gasteiger partial charge >= 0.3 is 0 Å². The van der Waals surface area contributed by atoms with Gasteiger partial charge in [-0.2, -0.15) is 0 Å². The van der Waals surface area contributed by atoms with Crippen LogP contribution in [0.3, 0.4) is 0 Å². The third-order valence-electron chi connectivity index (χ3n) is 4.56. The molecule has 0 saturated heterocycles. The summed E-state index contributed by atoms with van der Waals surface area (Å²) >= 11 is 0. The summed E-state index contributed by atoms with van der Waals surface area (Å²) in [5.41, 5.74) is 1.67. The van der Waals surface area contributed by atoms with E-state index in [4.69, 9.17) is 0 Å². The number of allylic oxidation sites excluding steroid dienone is 4. The van der Waals surface area contributed by atoms with E-state index < -0.39 is 11.7 Å². The van der Waals surface area contributed by atoms with Crippen molar-refractivity contribution in [3.05, 3.63) is 35.5 Å². The molecule has 0 aromatic carbocycles. The monoisotopic (exact) mass is 306 g/mol. The zero-order valence-corrected chi connectivity index (χ0v) is 15.0. The molecule has 126 valence electrons. The number of aliphatic hydroxyl groups excluding tert-OH is 1. The van der Waals surface area contributed by atoms with Crippen molar-refractivity contribution in [2.45, 2.75) is 78.4 Å². The first kappa shape index (κ1) is 19.2. The van der Waals surface area contributed by atoms with Gasteiger partial charge in [0, 0.05) is 6.42 Å². The lowest BCUT2D eigenvalue weighted by Gasteiger charge is -2.24. The first-order valence-electron chi connectivity index (χ1n) is 8.62. The van der Waals surface area contributed by atoms with E-state index in [2.05, 4.69) is 39.8 Å². The van der Waals surface area contributed by atoms with Crippen LogP contribution in [0, 0.1) is 11.8 Å². The second-order valence-corrected chi connectivity index (χ2v) is 7.54. The normalized spacial score (nSPS) is 38.5. The van der Waals surface area contributed by atoms with Gasteiger partial charge in [0.05, 0.1) is 11.7 Å². The second-order valence-electron chi connectivity index (χ2n) is 7.54. The summed E-state index contributed by atoms with van der Waals surface area (Å²) in [6.07, 6.45) is 12.2. The molecule has 0 fully saturated rings. The van der Waals surface area contributed by atoms with Crippen molar-refractivity contribution in [2.75, 3.05) is 0 Å². The molecule has 0 aromatic rings. The lowest BCUT2D eigenvalue weighted by Crippen LogP contribution is -2.27. The van der Waals surface area contributed by atoms with Crippen LogP contribution in [0.5, 0.6) is 0 Å². The molecule has 0 radical (unpaired) electrons. The summed E-state index contributed by atoms with van der Waals surface area (Å²) in [6, 6.07) is 0. The number of hydrogen-bond donors (Lipinski definition) is 2. The Labute approximate surface area is 136 Å². The van der Waals surface area contributed by atoms with Gasteiger partial charge in [0.15, 0.2) is 0 Å². The molecule has 1 unspecified atom stereocenters. The number of aliphatic hydroxyl groups is 2. The molecule has 3 atom stereocenters. The van der Waals surface area contributed by atoms with Gasteiger partial charge in [0.25, 0.3) is 0 Å². The molecule has 0 saturated carbocycles. The third-order valence-corrected chi connectivity index (χ3v) is 4.56. The largest absolute Gasteiger partial charge is 0.389 e. The van der Waals surface area contributed by atoms with Crippen molar-refractivity contribution in [3.63, 3.8) is 0 Å². The zero-order chi connectivity index (χ0) is 16.8. The lowest BCUT2D eigenvalue weighted by molar-refractivity contribution is 0.0565. The van der Waals surface area contributed by atoms with E-state index in [1.807, 2.05) is 12.2 Å². The Balaban J connectivity index is 2.97. The van der Waals surface area contributed by atoms with Crippen LogP contribution < -0.4 is 0 Å². The molecule has 1 aliphatic rings. The molecule has 1 rings (SSSR count). The van der Waals surface area contributed by atoms with E-state index in [-0.39, 0.29) is 0 Å². The Kier molecular flexibility index (Phi) is 7.58. The highest BCUT2D eigenvalue weighted by atomic mass is 16.3. The van der Waals surface area contributed by atoms with Gasteiger partial charge in [-0.3, -0.25) is 0 Å². The fourth-order valence-electron chi connectivity index (χ4n) is 2.99. The molecular formula is C20H34O2. The fraction of sp³-hybridized carbons (Fsp3) is 0.700. The second kappa shape index (κ2) is 8.69. The molecule has 0 aromatic heterocycles. The van der Waals surface area contributed by atoms with Gasteiger partial charge in [-0.1, -0.05) is 49.3 Å². The predicted octanol–water partition coefficient (Wildman–Crippen LogP) is 4.78. The lowest BCUT2D eigenvalue weighted by atomic mass is 9.86. The highest BCUT2D eigenvalue weighted by Gasteiger charge is 2.21. The van der Waals surface area contributed by atoms with Crippen LogP contribution in [-0.4, -0.2) is 21.9 Å². The van der Waals surface area contributed by atoms with E-state index in [1.54, 1.807) is 6.92 Å². The van der Waals surface area contributed by atoms with Gasteiger partial charge in [-0.25, -0.2) is 0 Å². The Morgan fingerprint density at radius 3 is 2.50 bits per heavy atom. The van der Waals surface area contributed by atoms with Crippen LogP contribution in [0.4, 0.5) is 0 Å². The molecule has 0 amide bonds. The van der Waals surface area contributed by atoms with Crippen LogP contribution in [-0.2, 0) is 0 Å². The van der Waals surface area contributed by atoms with Crippen molar-refractivity contribution in [1.82, 2.24) is 0 Å². The summed E-state index contributed by atoms with van der Waals surface area (Å²) in [7, 11) is 0. The molecular weight excluding hydrogens is 272 g/mol. The highest BCUT2D eigenvalue weighted by Crippen LogP contribution is 2.25. The summed E-state index contributed by atoms with van der Waals surface area (Å²) in [5.74, 6) is 1.02. The maximum atomic E-state index is 10.5. The van der Waals surface area contributed by atoms with Crippen molar-refractivity contribution in [2.24, 2.45) is 11.8 Å². The minimum absolute atomic E-state index is 0.348. The molecule has 1 aliphatic carbocycles. The van der Waals surface area contributed by atoms with Gasteiger partial charge in [0.1, 0.15) is 0 Å². The summed E-state index contributed by atoms with van der Waals surface area (Å²) in [6.45, 7) is 10.5. The van der Waals surface area contributed by atoms with E-state index in [1.165, 1.54) is 11.1 Å². The number of rotatable bonds is 1. The van der Waals surface area contributed by atoms with E-state index in [0.29, 0.717) is 18.3 Å². The first-order chi connectivity index (χ1) is 10.2. The molecule has 2 N–H and O–H groups in total. The quantitative estimate of drug-likeness (QED) is 0.684. The maximum Gasteiger partial charge on any atom is 0.0827 e. The molecule has 22 heavy (non-hydrogen) atoms. The van der Waals surface area contributed by atoms with Crippen molar-refractivity contribution in [3.8, 4) is 0 Å². The average Bonchev–Trinajstić information content (AvgIpc) is 2.36. The Morgan fingerprint density at radius 1 is 1.18 bits per heavy atom. The highest BCUT2D eigenvalue weighted by molar-refractivity contribution is 5.10. The van der Waals surface area contributed by atoms with Gasteiger partial charge < -0.3 is 10.2 Å². The smallest absolute Gasteiger partial charge is 0.0827 e. The summed E-state index contributed by atoms with van der Waals surface area (Å²) in [4.78, 5) is 0. The predicted molar refractivity (Wildman–Crippen MR) is 94.7 cm³/mol. The molecule has 2 heteroatoms. The molecule has 0 aliphatic heterocycles. The summed E-state index contributed by atoms with van der Waals surface area (Å²) in [5, 5.41) is 20.7. The van der Waals surface area contributed by atoms with Gasteiger partial charge in [-0.15, -0.1) is 0 Å². The van der Waals surface area contributed by atoms with Crippen molar-refractivity contribution < 1.29 is 10.2 Å². The number of hydrogen-bond acceptors (Lipinski definition) is 2. The fourth-order valence-corrected chi connectivity index (χ4v) is 2.99. The minimum atomic E-state index is -0.960. The van der Waals surface area contributed by atoms with Crippen LogP contribution in [0.15, 0.2) is 35.5 Å². The average molecular weight is 306 g/mol. The topological polar surface area (TPSA) is 40.5 Å². The Hall–Kier alpha value is -0.860. The van der Waals surface area contributed by atoms with E-state index >= 15 is 0 Å². The van der Waals surface area contributed by atoms with Crippen LogP contribution in [0.2, 0.25) is 0 Å². The van der Waals surface area contributed by atoms with Gasteiger partial charge in [-0.05, 0) is 58.3 Å². The van der Waals surface area contributed by atoms with Crippen LogP contribution in [0.25, 0.3) is 0 Å². The Bertz CT molecular complexity index is 427. The van der Waals surface area contributed by atoms with Gasteiger partial charge in [0.2, 0.25) is 0 Å². The SMILES string of the molecule is C/C1=C/[C@H](O)C[C@@](C)(O)/C=C/C(C(C)C)CC/C(C)=C/CC1. The molecule has 0 spiro atoms. The summed E-state index contributed by atoms with van der Waals surface area (Å²) < 4.78 is 0. The Morgan fingerprint density at radius 2 is 1.86 bits per heavy atom.